The van der Waals surface area contributed by atoms with Gasteiger partial charge in [-0.05, 0) is 56.0 Å². The summed E-state index contributed by atoms with van der Waals surface area (Å²) in [6.45, 7) is 7.90. The second kappa shape index (κ2) is 9.11. The minimum atomic E-state index is 0. The highest BCUT2D eigenvalue weighted by molar-refractivity contribution is 5.95. The number of fused-ring (bicyclic) bond motifs is 1. The smallest absolute Gasteiger partial charge is 0.253 e. The minimum Gasteiger partial charge on any atom is -0.493 e. The molecule has 2 heterocycles. The average Bonchev–Trinajstić information content (AvgIpc) is 2.97. The Bertz CT molecular complexity index is 594. The van der Waals surface area contributed by atoms with E-state index in [9.17, 15) is 4.79 Å². The molecule has 0 aliphatic carbocycles. The maximum atomic E-state index is 12.9. The maximum Gasteiger partial charge on any atom is 0.253 e. The van der Waals surface area contributed by atoms with Gasteiger partial charge in [-0.3, -0.25) is 4.79 Å². The van der Waals surface area contributed by atoms with Crippen molar-refractivity contribution in [1.29, 1.82) is 0 Å². The first-order valence-electron chi connectivity index (χ1n) is 8.64. The van der Waals surface area contributed by atoms with Crippen LogP contribution in [0.5, 0.6) is 11.5 Å². The first kappa shape index (κ1) is 19.6. The summed E-state index contributed by atoms with van der Waals surface area (Å²) < 4.78 is 10.9. The van der Waals surface area contributed by atoms with Gasteiger partial charge in [0.1, 0.15) is 6.61 Å². The number of hydrogen-bond donors (Lipinski definition) is 1. The Labute approximate surface area is 155 Å². The van der Waals surface area contributed by atoms with E-state index in [4.69, 9.17) is 9.47 Å². The van der Waals surface area contributed by atoms with Gasteiger partial charge in [0.05, 0.1) is 7.11 Å². The number of nitrogens with zero attached hydrogens (tertiary/aromatic N) is 1. The number of benzene rings is 1. The zero-order valence-corrected chi connectivity index (χ0v) is 15.5. The first-order valence-corrected chi connectivity index (χ1v) is 8.64. The van der Waals surface area contributed by atoms with Gasteiger partial charge in [-0.1, -0.05) is 12.7 Å². The molecule has 0 aromatic heterocycles. The molecule has 0 bridgehead atoms. The number of amides is 1. The number of carbonyl (C=O) groups is 1. The molecule has 2 atom stereocenters. The van der Waals surface area contributed by atoms with E-state index in [1.165, 1.54) is 0 Å². The third-order valence-corrected chi connectivity index (χ3v) is 5.07. The van der Waals surface area contributed by atoms with Crippen molar-refractivity contribution in [1.82, 2.24) is 10.2 Å². The molecule has 6 heteroatoms. The standard InChI is InChI=1S/C19H26N2O3.ClH/c1-3-10-24-17-5-4-14(11-18(17)23-2)19(22)21-8-6-15-12-20-13-16(15)7-9-21;/h3-5,11,15-16,20H,1,6-10,12-13H2,2H3;1H/t15-,16+;. The van der Waals surface area contributed by atoms with Crippen molar-refractivity contribution < 1.29 is 14.3 Å². The largest absolute Gasteiger partial charge is 0.493 e. The molecule has 5 nitrogen and oxygen atoms in total. The van der Waals surface area contributed by atoms with Crippen molar-refractivity contribution in [3.8, 4) is 11.5 Å². The number of nitrogens with one attached hydrogen (secondary N) is 1. The SMILES string of the molecule is C=CCOc1ccc(C(=O)N2CC[C@@H]3CNC[C@@H]3CC2)cc1OC.Cl. The first-order chi connectivity index (χ1) is 11.7. The molecule has 2 aliphatic rings. The van der Waals surface area contributed by atoms with Gasteiger partial charge >= 0.3 is 0 Å². The predicted molar refractivity (Wildman–Crippen MR) is 101 cm³/mol. The van der Waals surface area contributed by atoms with E-state index in [1.54, 1.807) is 25.3 Å². The lowest BCUT2D eigenvalue weighted by molar-refractivity contribution is 0.0758. The third kappa shape index (κ3) is 4.47. The fourth-order valence-corrected chi connectivity index (χ4v) is 3.67. The molecule has 2 saturated heterocycles. The van der Waals surface area contributed by atoms with Gasteiger partial charge in [-0.25, -0.2) is 0 Å². The number of hydrogen-bond acceptors (Lipinski definition) is 4. The molecule has 0 saturated carbocycles. The van der Waals surface area contributed by atoms with Gasteiger partial charge in [-0.2, -0.15) is 0 Å². The van der Waals surface area contributed by atoms with E-state index >= 15 is 0 Å². The monoisotopic (exact) mass is 366 g/mol. The molecule has 1 aromatic rings. The Kier molecular flexibility index (Phi) is 7.14. The molecular weight excluding hydrogens is 340 g/mol. The van der Waals surface area contributed by atoms with E-state index in [0.29, 0.717) is 35.5 Å². The van der Waals surface area contributed by atoms with Crippen LogP contribution in [0.2, 0.25) is 0 Å². The highest BCUT2D eigenvalue weighted by Gasteiger charge is 2.31. The third-order valence-electron chi connectivity index (χ3n) is 5.07. The molecule has 2 aliphatic heterocycles. The molecule has 2 fully saturated rings. The zero-order chi connectivity index (χ0) is 16.9. The van der Waals surface area contributed by atoms with E-state index in [2.05, 4.69) is 11.9 Å². The van der Waals surface area contributed by atoms with Crippen molar-refractivity contribution >= 4 is 18.3 Å². The number of methoxy groups -OCH3 is 1. The quantitative estimate of drug-likeness (QED) is 0.814. The van der Waals surface area contributed by atoms with Gasteiger partial charge in [0.2, 0.25) is 0 Å². The van der Waals surface area contributed by atoms with Gasteiger partial charge in [0, 0.05) is 18.7 Å². The van der Waals surface area contributed by atoms with Crippen LogP contribution in [0.3, 0.4) is 0 Å². The summed E-state index contributed by atoms with van der Waals surface area (Å²) in [7, 11) is 1.59. The van der Waals surface area contributed by atoms with Gasteiger partial charge in [-0.15, -0.1) is 12.4 Å². The summed E-state index contributed by atoms with van der Waals surface area (Å²) >= 11 is 0. The second-order valence-electron chi connectivity index (χ2n) is 6.51. The molecule has 1 N–H and O–H groups in total. The highest BCUT2D eigenvalue weighted by atomic mass is 35.5. The predicted octanol–water partition coefficient (Wildman–Crippen LogP) is 2.75. The van der Waals surface area contributed by atoms with Gasteiger partial charge < -0.3 is 19.7 Å². The topological polar surface area (TPSA) is 50.8 Å². The fraction of sp³-hybridized carbons (Fsp3) is 0.526. The van der Waals surface area contributed by atoms with Crippen LogP contribution >= 0.6 is 12.4 Å². The Morgan fingerprint density at radius 3 is 2.56 bits per heavy atom. The lowest BCUT2D eigenvalue weighted by Crippen LogP contribution is -2.32. The number of carbonyl (C=O) groups excluding carboxylic acids is 1. The normalized spacial score (nSPS) is 22.4. The lowest BCUT2D eigenvalue weighted by Gasteiger charge is -2.21. The molecule has 0 radical (unpaired) electrons. The number of rotatable bonds is 5. The summed E-state index contributed by atoms with van der Waals surface area (Å²) in [6.07, 6.45) is 3.85. The van der Waals surface area contributed by atoms with Crippen molar-refractivity contribution in [2.75, 3.05) is 39.9 Å². The Balaban J connectivity index is 0.00000225. The second-order valence-corrected chi connectivity index (χ2v) is 6.51. The molecule has 1 aromatic carbocycles. The number of likely N-dealkylation sites (tertiary alicyclic amines) is 1. The lowest BCUT2D eigenvalue weighted by atomic mass is 9.92. The Morgan fingerprint density at radius 1 is 1.28 bits per heavy atom. The summed E-state index contributed by atoms with van der Waals surface area (Å²) in [4.78, 5) is 14.8. The van der Waals surface area contributed by atoms with Crippen LogP contribution < -0.4 is 14.8 Å². The molecule has 1 amide bonds. The molecule has 138 valence electrons. The van der Waals surface area contributed by atoms with Crippen molar-refractivity contribution in [3.05, 3.63) is 36.4 Å². The fourth-order valence-electron chi connectivity index (χ4n) is 3.67. The number of ether oxygens (including phenoxy) is 2. The Morgan fingerprint density at radius 2 is 1.96 bits per heavy atom. The van der Waals surface area contributed by atoms with E-state index < -0.39 is 0 Å². The molecular formula is C19H27ClN2O3. The van der Waals surface area contributed by atoms with Crippen LogP contribution in [0.4, 0.5) is 0 Å². The van der Waals surface area contributed by atoms with Crippen LogP contribution in [-0.4, -0.2) is 50.7 Å². The van der Waals surface area contributed by atoms with E-state index in [-0.39, 0.29) is 18.3 Å². The van der Waals surface area contributed by atoms with Crippen LogP contribution in [0.1, 0.15) is 23.2 Å². The summed E-state index contributed by atoms with van der Waals surface area (Å²) in [5.74, 6) is 2.72. The molecule has 0 spiro atoms. The van der Waals surface area contributed by atoms with Crippen molar-refractivity contribution in [3.63, 3.8) is 0 Å². The zero-order valence-electron chi connectivity index (χ0n) is 14.7. The van der Waals surface area contributed by atoms with Crippen LogP contribution in [0, 0.1) is 11.8 Å². The van der Waals surface area contributed by atoms with Crippen molar-refractivity contribution in [2.45, 2.75) is 12.8 Å². The van der Waals surface area contributed by atoms with Crippen LogP contribution in [-0.2, 0) is 0 Å². The summed E-state index contributed by atoms with van der Waals surface area (Å²) in [5.41, 5.74) is 0.656. The van der Waals surface area contributed by atoms with E-state index in [0.717, 1.165) is 39.0 Å². The minimum absolute atomic E-state index is 0. The van der Waals surface area contributed by atoms with E-state index in [1.807, 2.05) is 11.0 Å². The van der Waals surface area contributed by atoms with Crippen LogP contribution in [0.25, 0.3) is 0 Å². The molecule has 0 unspecified atom stereocenters. The highest BCUT2D eigenvalue weighted by Crippen LogP contribution is 2.30. The van der Waals surface area contributed by atoms with Gasteiger partial charge in [0.25, 0.3) is 5.91 Å². The average molecular weight is 367 g/mol. The van der Waals surface area contributed by atoms with Crippen molar-refractivity contribution in [2.24, 2.45) is 11.8 Å². The summed E-state index contributed by atoms with van der Waals surface area (Å²) in [6, 6.07) is 5.39. The maximum absolute atomic E-state index is 12.9. The van der Waals surface area contributed by atoms with Gasteiger partial charge in [0.15, 0.2) is 11.5 Å². The van der Waals surface area contributed by atoms with Crippen LogP contribution in [0.15, 0.2) is 30.9 Å². The number of halogens is 1. The molecule has 25 heavy (non-hydrogen) atoms. The summed E-state index contributed by atoms with van der Waals surface area (Å²) in [5, 5.41) is 3.46. The molecule has 3 rings (SSSR count). The Hall–Kier alpha value is -1.72.